The number of sulfonamides is 1. The molecule has 1 saturated heterocycles. The Labute approximate surface area is 126 Å². The molecular formula is C12H17BrN2O4S. The molecule has 0 radical (unpaired) electrons. The Morgan fingerprint density at radius 2 is 2.20 bits per heavy atom. The van der Waals surface area contributed by atoms with Crippen LogP contribution < -0.4 is 15.2 Å². The lowest BCUT2D eigenvalue weighted by molar-refractivity contribution is 0.178. The number of anilines is 1. The molecule has 2 rings (SSSR count). The summed E-state index contributed by atoms with van der Waals surface area (Å²) in [4.78, 5) is 0.0221. The number of benzene rings is 1. The summed E-state index contributed by atoms with van der Waals surface area (Å²) in [5, 5.41) is 0. The van der Waals surface area contributed by atoms with E-state index in [4.69, 9.17) is 15.2 Å². The molecule has 1 aromatic carbocycles. The number of nitrogen functional groups attached to an aromatic ring is 1. The van der Waals surface area contributed by atoms with Crippen molar-refractivity contribution in [3.05, 3.63) is 16.6 Å². The number of hydrogen-bond donors (Lipinski definition) is 2. The minimum absolute atomic E-state index is 0.0221. The number of rotatable bonds is 4. The Balaban J connectivity index is 2.41. The Kier molecular flexibility index (Phi) is 4.29. The van der Waals surface area contributed by atoms with Gasteiger partial charge in [-0.25, -0.2) is 13.1 Å². The van der Waals surface area contributed by atoms with Gasteiger partial charge < -0.3 is 15.2 Å². The summed E-state index contributed by atoms with van der Waals surface area (Å²) in [5.41, 5.74) is 5.49. The van der Waals surface area contributed by atoms with Crippen LogP contribution in [0.4, 0.5) is 5.69 Å². The van der Waals surface area contributed by atoms with Crippen LogP contribution in [0.2, 0.25) is 0 Å². The standard InChI is InChI=1S/C12H17BrN2O4S/c1-12(3-4-19-7-12)15-20(16,17)11-6-9(14)8(13)5-10(11)18-2/h5-6,15H,3-4,7,14H2,1-2H3. The van der Waals surface area contributed by atoms with Gasteiger partial charge in [0.2, 0.25) is 10.0 Å². The number of nitrogens with one attached hydrogen (secondary N) is 1. The van der Waals surface area contributed by atoms with Crippen LogP contribution in [0.15, 0.2) is 21.5 Å². The van der Waals surface area contributed by atoms with Crippen LogP contribution in [0.1, 0.15) is 13.3 Å². The SMILES string of the molecule is COc1cc(Br)c(N)cc1S(=O)(=O)NC1(C)CCOC1. The second-order valence-electron chi connectivity index (χ2n) is 4.99. The second-order valence-corrected chi connectivity index (χ2v) is 7.50. The zero-order valence-corrected chi connectivity index (χ0v) is 13.7. The van der Waals surface area contributed by atoms with Crippen LogP contribution in [-0.2, 0) is 14.8 Å². The highest BCUT2D eigenvalue weighted by molar-refractivity contribution is 9.10. The van der Waals surface area contributed by atoms with E-state index in [1.54, 1.807) is 0 Å². The molecular weight excluding hydrogens is 348 g/mol. The first-order chi connectivity index (χ1) is 9.27. The van der Waals surface area contributed by atoms with Gasteiger partial charge in [-0.2, -0.15) is 0 Å². The fourth-order valence-electron chi connectivity index (χ4n) is 2.05. The molecule has 0 aliphatic carbocycles. The van der Waals surface area contributed by atoms with Gasteiger partial charge in [-0.15, -0.1) is 0 Å². The maximum atomic E-state index is 12.5. The Morgan fingerprint density at radius 3 is 2.75 bits per heavy atom. The van der Waals surface area contributed by atoms with E-state index < -0.39 is 15.6 Å². The monoisotopic (exact) mass is 364 g/mol. The first kappa shape index (κ1) is 15.6. The van der Waals surface area contributed by atoms with Crippen molar-refractivity contribution in [1.29, 1.82) is 0 Å². The molecule has 1 heterocycles. The van der Waals surface area contributed by atoms with E-state index in [2.05, 4.69) is 20.7 Å². The number of methoxy groups -OCH3 is 1. The van der Waals surface area contributed by atoms with Gasteiger partial charge in [-0.05, 0) is 41.4 Å². The quantitative estimate of drug-likeness (QED) is 0.790. The Hall–Kier alpha value is -0.830. The molecule has 1 fully saturated rings. The van der Waals surface area contributed by atoms with E-state index in [1.165, 1.54) is 19.2 Å². The maximum absolute atomic E-state index is 12.5. The summed E-state index contributed by atoms with van der Waals surface area (Å²) in [5.74, 6) is 0.237. The average molecular weight is 365 g/mol. The fourth-order valence-corrected chi connectivity index (χ4v) is 3.98. The number of hydrogen-bond acceptors (Lipinski definition) is 5. The second kappa shape index (κ2) is 5.51. The molecule has 0 bridgehead atoms. The van der Waals surface area contributed by atoms with Crippen LogP contribution >= 0.6 is 15.9 Å². The van der Waals surface area contributed by atoms with Gasteiger partial charge >= 0.3 is 0 Å². The highest BCUT2D eigenvalue weighted by atomic mass is 79.9. The summed E-state index contributed by atoms with van der Waals surface area (Å²) in [6.07, 6.45) is 0.626. The molecule has 0 saturated carbocycles. The van der Waals surface area contributed by atoms with Gasteiger partial charge in [-0.3, -0.25) is 0 Å². The molecule has 0 aromatic heterocycles. The van der Waals surface area contributed by atoms with Crippen molar-refractivity contribution in [1.82, 2.24) is 4.72 Å². The molecule has 1 aromatic rings. The predicted octanol–water partition coefficient (Wildman–Crippen LogP) is 1.50. The van der Waals surface area contributed by atoms with Gasteiger partial charge in [-0.1, -0.05) is 0 Å². The summed E-state index contributed by atoms with van der Waals surface area (Å²) in [6.45, 7) is 2.70. The minimum atomic E-state index is -3.74. The number of halogens is 1. The van der Waals surface area contributed by atoms with E-state index in [0.29, 0.717) is 29.8 Å². The minimum Gasteiger partial charge on any atom is -0.495 e. The lowest BCUT2D eigenvalue weighted by atomic mass is 10.0. The number of ether oxygens (including phenoxy) is 2. The fraction of sp³-hybridized carbons (Fsp3) is 0.500. The summed E-state index contributed by atoms with van der Waals surface area (Å²) >= 11 is 3.25. The maximum Gasteiger partial charge on any atom is 0.244 e. The van der Waals surface area contributed by atoms with Crippen molar-refractivity contribution in [3.8, 4) is 5.75 Å². The molecule has 8 heteroatoms. The van der Waals surface area contributed by atoms with Crippen molar-refractivity contribution in [2.24, 2.45) is 0 Å². The Morgan fingerprint density at radius 1 is 1.50 bits per heavy atom. The van der Waals surface area contributed by atoms with Gasteiger partial charge in [0.25, 0.3) is 0 Å². The van der Waals surface area contributed by atoms with Gasteiger partial charge in [0.05, 0.1) is 19.3 Å². The average Bonchev–Trinajstić information content (AvgIpc) is 2.77. The van der Waals surface area contributed by atoms with Gasteiger partial charge in [0.15, 0.2) is 0 Å². The molecule has 6 nitrogen and oxygen atoms in total. The molecule has 20 heavy (non-hydrogen) atoms. The molecule has 0 amide bonds. The summed E-state index contributed by atoms with van der Waals surface area (Å²) in [7, 11) is -2.33. The van der Waals surface area contributed by atoms with Crippen LogP contribution in [0, 0.1) is 0 Å². The summed E-state index contributed by atoms with van der Waals surface area (Å²) in [6, 6.07) is 2.92. The zero-order chi connectivity index (χ0) is 15.0. The topological polar surface area (TPSA) is 90.7 Å². The normalized spacial score (nSPS) is 22.9. The van der Waals surface area contributed by atoms with E-state index in [1.807, 2.05) is 6.92 Å². The molecule has 1 aliphatic heterocycles. The Bertz CT molecular complexity index is 612. The van der Waals surface area contributed by atoms with Crippen LogP contribution in [0.3, 0.4) is 0 Å². The molecule has 1 unspecified atom stereocenters. The van der Waals surface area contributed by atoms with Crippen molar-refractivity contribution >= 4 is 31.6 Å². The van der Waals surface area contributed by atoms with Crippen molar-refractivity contribution in [2.75, 3.05) is 26.1 Å². The third-order valence-corrected chi connectivity index (χ3v) is 5.52. The zero-order valence-electron chi connectivity index (χ0n) is 11.3. The molecule has 112 valence electrons. The first-order valence-electron chi connectivity index (χ1n) is 6.02. The van der Waals surface area contributed by atoms with Crippen molar-refractivity contribution in [3.63, 3.8) is 0 Å². The third-order valence-electron chi connectivity index (χ3n) is 3.17. The van der Waals surface area contributed by atoms with Crippen LogP contribution in [-0.4, -0.2) is 34.3 Å². The van der Waals surface area contributed by atoms with Crippen LogP contribution in [0.25, 0.3) is 0 Å². The predicted molar refractivity (Wildman–Crippen MR) is 79.3 cm³/mol. The molecule has 1 aliphatic rings. The van der Waals surface area contributed by atoms with Gasteiger partial charge in [0, 0.05) is 16.8 Å². The molecule has 3 N–H and O–H groups in total. The summed E-state index contributed by atoms with van der Waals surface area (Å²) < 4.78 is 38.7. The van der Waals surface area contributed by atoms with E-state index in [0.717, 1.165) is 0 Å². The highest BCUT2D eigenvalue weighted by Gasteiger charge is 2.35. The molecule has 1 atom stereocenters. The smallest absolute Gasteiger partial charge is 0.244 e. The number of nitrogens with two attached hydrogens (primary N) is 1. The van der Waals surface area contributed by atoms with E-state index in [9.17, 15) is 8.42 Å². The van der Waals surface area contributed by atoms with Gasteiger partial charge in [0.1, 0.15) is 10.6 Å². The lowest BCUT2D eigenvalue weighted by Crippen LogP contribution is -2.46. The first-order valence-corrected chi connectivity index (χ1v) is 8.30. The van der Waals surface area contributed by atoms with Crippen molar-refractivity contribution in [2.45, 2.75) is 23.8 Å². The van der Waals surface area contributed by atoms with E-state index in [-0.39, 0.29) is 10.6 Å². The van der Waals surface area contributed by atoms with E-state index >= 15 is 0 Å². The molecule has 0 spiro atoms. The highest BCUT2D eigenvalue weighted by Crippen LogP contribution is 2.33. The van der Waals surface area contributed by atoms with Crippen molar-refractivity contribution < 1.29 is 17.9 Å². The van der Waals surface area contributed by atoms with Crippen LogP contribution in [0.5, 0.6) is 5.75 Å². The largest absolute Gasteiger partial charge is 0.495 e. The third kappa shape index (κ3) is 3.08. The lowest BCUT2D eigenvalue weighted by Gasteiger charge is -2.24.